The molecule has 0 radical (unpaired) electrons. The Bertz CT molecular complexity index is 835. The average molecular weight is 481 g/mol. The summed E-state index contributed by atoms with van der Waals surface area (Å²) in [5.41, 5.74) is 1.86. The molecule has 1 heterocycles. The minimum Gasteiger partial charge on any atom is -0.480 e. The topological polar surface area (TPSA) is 134 Å². The second-order valence-electron chi connectivity index (χ2n) is 8.12. The number of hydrogen-bond acceptors (Lipinski definition) is 7. The normalized spacial score (nSPS) is 18.6. The summed E-state index contributed by atoms with van der Waals surface area (Å²) in [6.45, 7) is 3.27. The molecule has 33 heavy (non-hydrogen) atoms. The molecule has 4 N–H and O–H groups in total. The third kappa shape index (κ3) is 9.82. The molecular weight excluding hydrogens is 448 g/mol. The molecule has 1 unspecified atom stereocenters. The molecule has 0 aromatic heterocycles. The van der Waals surface area contributed by atoms with Crippen molar-refractivity contribution < 1.29 is 29.7 Å². The Balaban J connectivity index is 2.24. The smallest absolute Gasteiger partial charge is 0.317 e. The maximum Gasteiger partial charge on any atom is 0.317 e. The van der Waals surface area contributed by atoms with E-state index in [9.17, 15) is 29.7 Å². The van der Waals surface area contributed by atoms with E-state index in [0.717, 1.165) is 22.7 Å². The van der Waals surface area contributed by atoms with Crippen LogP contribution in [-0.2, 0) is 20.8 Å². The van der Waals surface area contributed by atoms with Crippen LogP contribution >= 0.6 is 12.2 Å². The molecule has 0 bridgehead atoms. The van der Waals surface area contributed by atoms with Crippen molar-refractivity contribution in [1.29, 1.82) is 0 Å². The van der Waals surface area contributed by atoms with Crippen LogP contribution in [-0.4, -0.2) is 111 Å². The molecule has 1 aliphatic heterocycles. The van der Waals surface area contributed by atoms with Gasteiger partial charge in [0.25, 0.3) is 0 Å². The summed E-state index contributed by atoms with van der Waals surface area (Å²) in [4.78, 5) is 40.2. The number of carboxylic acids is 3. The van der Waals surface area contributed by atoms with Crippen molar-refractivity contribution in [2.24, 2.45) is 0 Å². The molecule has 1 aromatic carbocycles. The number of anilines is 1. The largest absolute Gasteiger partial charge is 0.480 e. The number of rotatable bonds is 10. The summed E-state index contributed by atoms with van der Waals surface area (Å²) in [6, 6.07) is 7.48. The molecule has 0 saturated carbocycles. The Morgan fingerprint density at radius 3 is 2.03 bits per heavy atom. The van der Waals surface area contributed by atoms with E-state index in [1.165, 1.54) is 0 Å². The number of carbonyl (C=O) groups is 3. The van der Waals surface area contributed by atoms with Crippen LogP contribution in [0.4, 0.5) is 5.69 Å². The standard InChI is InChI=1S/C22H32N4O6S/c1-2-19(33)23-17-5-3-16(4-6-17)11-18-12-25(14-21(29)30)8-7-24(13-20(27)28)9-10-26(18)15-22(31)32/h3-6,18H,2,7-15H2,1H3,(H,23,33)(H,27,28)(H,29,30)(H,31,32). The molecule has 182 valence electrons. The van der Waals surface area contributed by atoms with Gasteiger partial charge in [-0.25, -0.2) is 0 Å². The second kappa shape index (κ2) is 13.2. The molecule has 1 aromatic rings. The van der Waals surface area contributed by atoms with Gasteiger partial charge >= 0.3 is 17.9 Å². The lowest BCUT2D eigenvalue weighted by Gasteiger charge is -2.33. The zero-order valence-electron chi connectivity index (χ0n) is 18.8. The first-order valence-electron chi connectivity index (χ1n) is 10.9. The van der Waals surface area contributed by atoms with Crippen LogP contribution in [0.1, 0.15) is 18.9 Å². The van der Waals surface area contributed by atoms with Gasteiger partial charge in [-0.15, -0.1) is 0 Å². The van der Waals surface area contributed by atoms with Crippen LogP contribution < -0.4 is 5.32 Å². The van der Waals surface area contributed by atoms with Crippen LogP contribution in [0.2, 0.25) is 0 Å². The molecule has 10 nitrogen and oxygen atoms in total. The van der Waals surface area contributed by atoms with Gasteiger partial charge in [0.15, 0.2) is 0 Å². The Morgan fingerprint density at radius 1 is 0.909 bits per heavy atom. The Kier molecular flexibility index (Phi) is 10.7. The minimum atomic E-state index is -0.985. The number of nitrogens with zero attached hydrogens (tertiary/aromatic N) is 3. The number of nitrogens with one attached hydrogen (secondary N) is 1. The molecular formula is C22H32N4O6S. The zero-order chi connectivity index (χ0) is 24.4. The van der Waals surface area contributed by atoms with Crippen LogP contribution in [0, 0.1) is 0 Å². The third-order valence-electron chi connectivity index (χ3n) is 5.51. The Labute approximate surface area is 198 Å². The number of aliphatic carboxylic acids is 3. The average Bonchev–Trinajstić information content (AvgIpc) is 2.80. The van der Waals surface area contributed by atoms with E-state index >= 15 is 0 Å². The lowest BCUT2D eigenvalue weighted by atomic mass is 10.0. The fourth-order valence-electron chi connectivity index (χ4n) is 3.86. The van der Waals surface area contributed by atoms with Crippen LogP contribution in [0.5, 0.6) is 0 Å². The summed E-state index contributed by atoms with van der Waals surface area (Å²) in [6.07, 6.45) is 1.27. The van der Waals surface area contributed by atoms with Gasteiger partial charge in [0.05, 0.1) is 24.6 Å². The van der Waals surface area contributed by atoms with E-state index in [4.69, 9.17) is 12.2 Å². The highest BCUT2D eigenvalue weighted by molar-refractivity contribution is 7.80. The fraction of sp³-hybridized carbons (Fsp3) is 0.545. The van der Waals surface area contributed by atoms with Gasteiger partial charge in [-0.05, 0) is 30.5 Å². The molecule has 1 atom stereocenters. The summed E-state index contributed by atoms with van der Waals surface area (Å²) >= 11 is 5.21. The van der Waals surface area contributed by atoms with Crippen LogP contribution in [0.25, 0.3) is 0 Å². The maximum absolute atomic E-state index is 11.6. The molecule has 1 aliphatic rings. The first-order chi connectivity index (χ1) is 15.7. The van der Waals surface area contributed by atoms with Gasteiger partial charge in [-0.3, -0.25) is 29.1 Å². The highest BCUT2D eigenvalue weighted by Gasteiger charge is 2.27. The SMILES string of the molecule is CCC(=S)Nc1ccc(CC2CN(CC(=O)O)CCN(CC(=O)O)CCN2CC(=O)O)cc1. The van der Waals surface area contributed by atoms with E-state index in [-0.39, 0.29) is 25.7 Å². The van der Waals surface area contributed by atoms with Gasteiger partial charge in [-0.2, -0.15) is 0 Å². The number of benzene rings is 1. The molecule has 0 amide bonds. The molecule has 2 rings (SSSR count). The Hall–Kier alpha value is -2.60. The van der Waals surface area contributed by atoms with Crippen molar-refractivity contribution in [1.82, 2.24) is 14.7 Å². The van der Waals surface area contributed by atoms with Gasteiger partial charge in [0.2, 0.25) is 0 Å². The fourth-order valence-corrected chi connectivity index (χ4v) is 3.98. The highest BCUT2D eigenvalue weighted by atomic mass is 32.1. The zero-order valence-corrected chi connectivity index (χ0v) is 19.6. The van der Waals surface area contributed by atoms with Gasteiger partial charge < -0.3 is 20.6 Å². The minimum absolute atomic E-state index is 0.180. The third-order valence-corrected chi connectivity index (χ3v) is 5.90. The van der Waals surface area contributed by atoms with Gasteiger partial charge in [0.1, 0.15) is 0 Å². The number of carboxylic acid groups (broad SMARTS) is 3. The maximum atomic E-state index is 11.6. The molecule has 0 spiro atoms. The lowest BCUT2D eigenvalue weighted by Crippen LogP contribution is -2.49. The van der Waals surface area contributed by atoms with Gasteiger partial charge in [-0.1, -0.05) is 31.3 Å². The van der Waals surface area contributed by atoms with E-state index < -0.39 is 17.9 Å². The van der Waals surface area contributed by atoms with Crippen molar-refractivity contribution in [3.63, 3.8) is 0 Å². The lowest BCUT2D eigenvalue weighted by molar-refractivity contribution is -0.140. The van der Waals surface area contributed by atoms with E-state index in [1.54, 1.807) is 14.7 Å². The van der Waals surface area contributed by atoms with Crippen molar-refractivity contribution in [2.75, 3.05) is 57.7 Å². The quantitative estimate of drug-likeness (QED) is 0.356. The molecule has 1 saturated heterocycles. The van der Waals surface area contributed by atoms with Crippen molar-refractivity contribution >= 4 is 40.8 Å². The van der Waals surface area contributed by atoms with Crippen molar-refractivity contribution in [2.45, 2.75) is 25.8 Å². The number of hydrogen-bond donors (Lipinski definition) is 4. The predicted molar refractivity (Wildman–Crippen MR) is 128 cm³/mol. The van der Waals surface area contributed by atoms with Crippen LogP contribution in [0.3, 0.4) is 0 Å². The van der Waals surface area contributed by atoms with Crippen molar-refractivity contribution in [3.05, 3.63) is 29.8 Å². The second-order valence-corrected chi connectivity index (χ2v) is 8.61. The molecule has 11 heteroatoms. The summed E-state index contributed by atoms with van der Waals surface area (Å²) < 4.78 is 0. The van der Waals surface area contributed by atoms with E-state index in [2.05, 4.69) is 5.32 Å². The highest BCUT2D eigenvalue weighted by Crippen LogP contribution is 2.16. The summed E-state index contributed by atoms with van der Waals surface area (Å²) in [7, 11) is 0. The van der Waals surface area contributed by atoms with Gasteiger partial charge in [0, 0.05) is 44.5 Å². The number of thiocarbonyl (C=S) groups is 1. The molecule has 0 aliphatic carbocycles. The van der Waals surface area contributed by atoms with E-state index in [0.29, 0.717) is 39.1 Å². The monoisotopic (exact) mass is 480 g/mol. The molecule has 1 fully saturated rings. The summed E-state index contributed by atoms with van der Waals surface area (Å²) in [5.74, 6) is -2.94. The first-order valence-corrected chi connectivity index (χ1v) is 11.3. The Morgan fingerprint density at radius 2 is 1.45 bits per heavy atom. The predicted octanol–water partition coefficient (Wildman–Crippen LogP) is 0.920. The van der Waals surface area contributed by atoms with Crippen molar-refractivity contribution in [3.8, 4) is 0 Å². The summed E-state index contributed by atoms with van der Waals surface area (Å²) in [5, 5.41) is 31.2. The van der Waals surface area contributed by atoms with Crippen LogP contribution in [0.15, 0.2) is 24.3 Å². The first kappa shape index (κ1) is 26.7. The van der Waals surface area contributed by atoms with E-state index in [1.807, 2.05) is 31.2 Å².